The van der Waals surface area contributed by atoms with Crippen LogP contribution in [0, 0.1) is 0 Å². The van der Waals surface area contributed by atoms with E-state index < -0.39 is 0 Å². The van der Waals surface area contributed by atoms with Crippen LogP contribution >= 0.6 is 0 Å². The summed E-state index contributed by atoms with van der Waals surface area (Å²) in [5.74, 6) is 0. The molecule has 1 aliphatic heterocycles. The lowest BCUT2D eigenvalue weighted by Gasteiger charge is -2.28. The fraction of sp³-hybridized carbons (Fsp3) is 0.526. The van der Waals surface area contributed by atoms with Crippen LogP contribution in [0.5, 0.6) is 0 Å². The summed E-state index contributed by atoms with van der Waals surface area (Å²) in [5, 5.41) is 6.08. The summed E-state index contributed by atoms with van der Waals surface area (Å²) < 4.78 is 0. The van der Waals surface area contributed by atoms with Gasteiger partial charge in [0.2, 0.25) is 0 Å². The molecule has 3 nitrogen and oxygen atoms in total. The molecular formula is C19H29N3. The van der Waals surface area contributed by atoms with Crippen molar-refractivity contribution in [2.24, 2.45) is 0 Å². The molecule has 1 aliphatic rings. The molecule has 1 aromatic carbocycles. The molecule has 0 radical (unpaired) electrons. The summed E-state index contributed by atoms with van der Waals surface area (Å²) in [7, 11) is 0. The Balaban J connectivity index is 0.00000176. The van der Waals surface area contributed by atoms with E-state index in [9.17, 15) is 0 Å². The Hall–Kier alpha value is -1.45. The van der Waals surface area contributed by atoms with Crippen LogP contribution in [0.1, 0.15) is 39.2 Å². The summed E-state index contributed by atoms with van der Waals surface area (Å²) >= 11 is 0. The number of hydrogen-bond acceptors (Lipinski definition) is 3. The molecule has 2 heterocycles. The predicted molar refractivity (Wildman–Crippen MR) is 95.1 cm³/mol. The first kappa shape index (κ1) is 16.9. The highest BCUT2D eigenvalue weighted by molar-refractivity contribution is 5.81. The zero-order chi connectivity index (χ0) is 14.5. The molecule has 0 amide bonds. The lowest BCUT2D eigenvalue weighted by atomic mass is 10.1. The molecule has 3 rings (SSSR count). The minimum atomic E-state index is 0. The topological polar surface area (TPSA) is 28.2 Å². The van der Waals surface area contributed by atoms with Crippen molar-refractivity contribution in [3.63, 3.8) is 0 Å². The number of pyridine rings is 1. The van der Waals surface area contributed by atoms with Crippen LogP contribution in [-0.4, -0.2) is 35.6 Å². The van der Waals surface area contributed by atoms with E-state index in [1.54, 1.807) is 0 Å². The molecular weight excluding hydrogens is 270 g/mol. The lowest BCUT2D eigenvalue weighted by molar-refractivity contribution is 0.198. The van der Waals surface area contributed by atoms with Crippen LogP contribution in [0.3, 0.4) is 0 Å². The van der Waals surface area contributed by atoms with Crippen LogP contribution in [-0.2, 0) is 6.54 Å². The molecule has 120 valence electrons. The maximum atomic E-state index is 4.18. The van der Waals surface area contributed by atoms with Crippen molar-refractivity contribution in [1.29, 1.82) is 0 Å². The Bertz CT molecular complexity index is 582. The third-order valence-electron chi connectivity index (χ3n) is 4.45. The fourth-order valence-corrected chi connectivity index (χ4v) is 3.10. The third kappa shape index (κ3) is 4.28. The van der Waals surface area contributed by atoms with Gasteiger partial charge in [-0.05, 0) is 55.9 Å². The van der Waals surface area contributed by atoms with E-state index in [1.807, 2.05) is 12.4 Å². The zero-order valence-electron chi connectivity index (χ0n) is 12.9. The standard InChI is InChI=1S/C18H25N3.CH4/c1-15-12-19-8-3-2-4-10-21(15)14-16-5-6-18-13-20-9-7-17(18)11-16;/h5-7,9,11,13,15,19H,2-4,8,10,12,14H2,1H3;1H4/t15-;/m1./s1. The quantitative estimate of drug-likeness (QED) is 0.913. The highest BCUT2D eigenvalue weighted by Gasteiger charge is 2.15. The zero-order valence-corrected chi connectivity index (χ0v) is 12.9. The summed E-state index contributed by atoms with van der Waals surface area (Å²) in [4.78, 5) is 6.80. The van der Waals surface area contributed by atoms with Crippen molar-refractivity contribution in [3.8, 4) is 0 Å². The number of aromatic nitrogens is 1. The number of nitrogens with one attached hydrogen (secondary N) is 1. The number of nitrogens with zero attached hydrogens (tertiary/aromatic N) is 2. The van der Waals surface area contributed by atoms with Crippen molar-refractivity contribution in [2.75, 3.05) is 19.6 Å². The number of fused-ring (bicyclic) bond motifs is 1. The minimum Gasteiger partial charge on any atom is -0.315 e. The predicted octanol–water partition coefficient (Wildman–Crippen LogP) is 3.83. The summed E-state index contributed by atoms with van der Waals surface area (Å²) in [6.45, 7) is 6.85. The molecule has 0 aliphatic carbocycles. The largest absolute Gasteiger partial charge is 0.315 e. The molecule has 0 bridgehead atoms. The van der Waals surface area contributed by atoms with Crippen LogP contribution in [0.25, 0.3) is 10.8 Å². The van der Waals surface area contributed by atoms with Gasteiger partial charge in [-0.25, -0.2) is 0 Å². The van der Waals surface area contributed by atoms with E-state index in [0.29, 0.717) is 6.04 Å². The maximum Gasteiger partial charge on any atom is 0.0346 e. The average molecular weight is 299 g/mol. The van der Waals surface area contributed by atoms with Gasteiger partial charge in [0.15, 0.2) is 0 Å². The SMILES string of the molecule is C.C[C@@H]1CNCCCCCN1Cc1ccc2cnccc2c1. The average Bonchev–Trinajstić information content (AvgIpc) is 2.61. The van der Waals surface area contributed by atoms with Gasteiger partial charge in [-0.15, -0.1) is 0 Å². The van der Waals surface area contributed by atoms with Crippen LogP contribution < -0.4 is 5.32 Å². The molecule has 1 saturated heterocycles. The number of rotatable bonds is 2. The van der Waals surface area contributed by atoms with Gasteiger partial charge < -0.3 is 5.32 Å². The van der Waals surface area contributed by atoms with Gasteiger partial charge in [0.25, 0.3) is 0 Å². The normalized spacial score (nSPS) is 20.7. The summed E-state index contributed by atoms with van der Waals surface area (Å²) in [6.07, 6.45) is 7.76. The molecule has 1 atom stereocenters. The first-order valence-corrected chi connectivity index (χ1v) is 8.10. The Morgan fingerprint density at radius 3 is 3.00 bits per heavy atom. The van der Waals surface area contributed by atoms with E-state index in [4.69, 9.17) is 0 Å². The molecule has 1 fully saturated rings. The van der Waals surface area contributed by atoms with Crippen molar-refractivity contribution < 1.29 is 0 Å². The first-order chi connectivity index (χ1) is 10.3. The van der Waals surface area contributed by atoms with E-state index >= 15 is 0 Å². The van der Waals surface area contributed by atoms with Gasteiger partial charge in [-0.3, -0.25) is 9.88 Å². The van der Waals surface area contributed by atoms with Gasteiger partial charge in [0, 0.05) is 36.9 Å². The number of hydrogen-bond donors (Lipinski definition) is 1. The smallest absolute Gasteiger partial charge is 0.0346 e. The van der Waals surface area contributed by atoms with E-state index in [0.717, 1.165) is 13.1 Å². The van der Waals surface area contributed by atoms with Crippen molar-refractivity contribution >= 4 is 10.8 Å². The highest BCUT2D eigenvalue weighted by atomic mass is 15.2. The van der Waals surface area contributed by atoms with Gasteiger partial charge in [0.05, 0.1) is 0 Å². The van der Waals surface area contributed by atoms with Gasteiger partial charge >= 0.3 is 0 Å². The van der Waals surface area contributed by atoms with Crippen molar-refractivity contribution in [2.45, 2.75) is 46.2 Å². The van der Waals surface area contributed by atoms with E-state index in [-0.39, 0.29) is 7.43 Å². The third-order valence-corrected chi connectivity index (χ3v) is 4.45. The van der Waals surface area contributed by atoms with E-state index in [2.05, 4.69) is 46.4 Å². The second-order valence-electron chi connectivity index (χ2n) is 6.14. The molecule has 1 aromatic heterocycles. The molecule has 1 N–H and O–H groups in total. The molecule has 0 saturated carbocycles. The summed E-state index contributed by atoms with van der Waals surface area (Å²) in [5.41, 5.74) is 1.40. The van der Waals surface area contributed by atoms with Crippen molar-refractivity contribution in [3.05, 3.63) is 42.2 Å². The molecule has 3 heteroatoms. The Labute approximate surface area is 134 Å². The molecule has 22 heavy (non-hydrogen) atoms. The maximum absolute atomic E-state index is 4.18. The van der Waals surface area contributed by atoms with Crippen LogP contribution in [0.4, 0.5) is 0 Å². The molecule has 0 spiro atoms. The fourth-order valence-electron chi connectivity index (χ4n) is 3.10. The molecule has 0 unspecified atom stereocenters. The minimum absolute atomic E-state index is 0. The monoisotopic (exact) mass is 299 g/mol. The highest BCUT2D eigenvalue weighted by Crippen LogP contribution is 2.17. The van der Waals surface area contributed by atoms with Crippen LogP contribution in [0.15, 0.2) is 36.7 Å². The van der Waals surface area contributed by atoms with Gasteiger partial charge in [0.1, 0.15) is 0 Å². The summed E-state index contributed by atoms with van der Waals surface area (Å²) in [6, 6.07) is 9.44. The Morgan fingerprint density at radius 1 is 1.18 bits per heavy atom. The number of benzene rings is 1. The second kappa shape index (κ2) is 8.25. The van der Waals surface area contributed by atoms with Crippen LogP contribution in [0.2, 0.25) is 0 Å². The lowest BCUT2D eigenvalue weighted by Crippen LogP contribution is -2.39. The Kier molecular flexibility index (Phi) is 6.34. The Morgan fingerprint density at radius 2 is 2.09 bits per heavy atom. The van der Waals surface area contributed by atoms with Crippen molar-refractivity contribution in [1.82, 2.24) is 15.2 Å². The van der Waals surface area contributed by atoms with E-state index in [1.165, 1.54) is 48.7 Å². The first-order valence-electron chi connectivity index (χ1n) is 8.10. The second-order valence-corrected chi connectivity index (χ2v) is 6.14. The molecule has 2 aromatic rings. The van der Waals surface area contributed by atoms with Gasteiger partial charge in [-0.2, -0.15) is 0 Å². The van der Waals surface area contributed by atoms with Gasteiger partial charge in [-0.1, -0.05) is 26.0 Å².